The molecule has 0 spiro atoms. The van der Waals surface area contributed by atoms with Crippen molar-refractivity contribution in [2.75, 3.05) is 0 Å². The fourth-order valence-electron chi connectivity index (χ4n) is 4.02. The van der Waals surface area contributed by atoms with E-state index in [0.29, 0.717) is 16.9 Å². The van der Waals surface area contributed by atoms with Crippen molar-refractivity contribution in [3.05, 3.63) is 71.5 Å². The van der Waals surface area contributed by atoms with E-state index in [1.54, 1.807) is 6.07 Å². The van der Waals surface area contributed by atoms with Gasteiger partial charge >= 0.3 is 58.2 Å². The third-order valence-corrected chi connectivity index (χ3v) is 5.64. The van der Waals surface area contributed by atoms with E-state index in [-0.39, 0.29) is 69.1 Å². The average Bonchev–Trinajstić information content (AvgIpc) is 2.65. The zero-order valence-corrected chi connectivity index (χ0v) is 20.6. The van der Waals surface area contributed by atoms with Gasteiger partial charge in [0.05, 0.1) is 0 Å². The van der Waals surface area contributed by atoms with Gasteiger partial charge in [-0.25, -0.2) is 13.2 Å². The molecular formula is C23H20F3Rb. The van der Waals surface area contributed by atoms with Gasteiger partial charge < -0.3 is 0 Å². The standard InChI is InChI=1S/C23H20F3.Rb/c1-14-5-7-15(8-6-14)16-9-11-17(12-10-16)19-13-18-3-2-4-20(24)21(18)23(26)22(19)25;/h2-3,9-15H,5-8H2,1H3;/q-1;+1. The van der Waals surface area contributed by atoms with Crippen molar-refractivity contribution >= 4 is 10.8 Å². The molecule has 0 N–H and O–H groups in total. The van der Waals surface area contributed by atoms with Crippen molar-refractivity contribution in [1.82, 2.24) is 0 Å². The molecular weight excluding hydrogens is 419 g/mol. The van der Waals surface area contributed by atoms with E-state index in [2.05, 4.69) is 13.0 Å². The van der Waals surface area contributed by atoms with Crippen LogP contribution in [0.1, 0.15) is 44.1 Å². The smallest absolute Gasteiger partial charge is 0.235 e. The first-order valence-corrected chi connectivity index (χ1v) is 9.13. The van der Waals surface area contributed by atoms with Gasteiger partial charge in [0.1, 0.15) is 5.82 Å². The largest absolute Gasteiger partial charge is 1.00 e. The van der Waals surface area contributed by atoms with Crippen LogP contribution in [0.3, 0.4) is 0 Å². The van der Waals surface area contributed by atoms with E-state index in [9.17, 15) is 13.2 Å². The molecule has 0 aliphatic heterocycles. The Morgan fingerprint density at radius 1 is 0.889 bits per heavy atom. The maximum absolute atomic E-state index is 14.5. The molecule has 27 heavy (non-hydrogen) atoms. The molecule has 0 aromatic heterocycles. The summed E-state index contributed by atoms with van der Waals surface area (Å²) in [6, 6.07) is 14.4. The summed E-state index contributed by atoms with van der Waals surface area (Å²) in [4.78, 5) is 0. The minimum Gasteiger partial charge on any atom is -0.235 e. The zero-order valence-electron chi connectivity index (χ0n) is 15.7. The fourth-order valence-corrected chi connectivity index (χ4v) is 4.02. The summed E-state index contributed by atoms with van der Waals surface area (Å²) in [5, 5.41) is -0.0119. The molecule has 0 bridgehead atoms. The molecule has 0 saturated heterocycles. The van der Waals surface area contributed by atoms with Gasteiger partial charge in [-0.05, 0) is 35.8 Å². The van der Waals surface area contributed by atoms with Crippen molar-refractivity contribution in [2.45, 2.75) is 38.5 Å². The predicted molar refractivity (Wildman–Crippen MR) is 98.5 cm³/mol. The number of benzene rings is 3. The second-order valence-corrected chi connectivity index (χ2v) is 7.39. The number of hydrogen-bond donors (Lipinski definition) is 0. The minimum absolute atomic E-state index is 0. The van der Waals surface area contributed by atoms with Crippen molar-refractivity contribution in [3.8, 4) is 11.1 Å². The molecule has 0 unspecified atom stereocenters. The Hall–Kier alpha value is -0.485. The van der Waals surface area contributed by atoms with Crippen LogP contribution in [0.15, 0.2) is 42.5 Å². The molecule has 0 radical (unpaired) electrons. The van der Waals surface area contributed by atoms with Gasteiger partial charge in [-0.2, -0.15) is 12.1 Å². The summed E-state index contributed by atoms with van der Waals surface area (Å²) in [6.45, 7) is 2.29. The van der Waals surface area contributed by atoms with Crippen LogP contribution in [0.2, 0.25) is 0 Å². The second kappa shape index (κ2) is 8.90. The van der Waals surface area contributed by atoms with Crippen LogP contribution in [0, 0.1) is 29.4 Å². The number of hydrogen-bond acceptors (Lipinski definition) is 0. The molecule has 0 heterocycles. The van der Waals surface area contributed by atoms with Crippen LogP contribution >= 0.6 is 0 Å². The normalized spacial score (nSPS) is 19.7. The predicted octanol–water partition coefficient (Wildman–Crippen LogP) is 4.02. The molecule has 3 aromatic rings. The molecule has 4 heteroatoms. The van der Waals surface area contributed by atoms with Crippen molar-refractivity contribution < 1.29 is 71.4 Å². The third-order valence-electron chi connectivity index (χ3n) is 5.64. The number of halogens is 3. The first-order chi connectivity index (χ1) is 12.5. The van der Waals surface area contributed by atoms with Gasteiger partial charge in [-0.1, -0.05) is 55.5 Å². The molecule has 3 aromatic carbocycles. The maximum atomic E-state index is 14.5. The number of fused-ring (bicyclic) bond motifs is 1. The Labute approximate surface area is 207 Å². The van der Waals surface area contributed by atoms with Gasteiger partial charge in [-0.3, -0.25) is 0 Å². The van der Waals surface area contributed by atoms with Gasteiger partial charge in [-0.15, -0.1) is 11.5 Å². The Morgan fingerprint density at radius 2 is 1.56 bits per heavy atom. The first-order valence-electron chi connectivity index (χ1n) is 9.13. The van der Waals surface area contributed by atoms with E-state index < -0.39 is 17.5 Å². The molecule has 0 nitrogen and oxygen atoms in total. The zero-order chi connectivity index (χ0) is 18.3. The molecule has 1 aliphatic carbocycles. The van der Waals surface area contributed by atoms with E-state index >= 15 is 0 Å². The van der Waals surface area contributed by atoms with E-state index in [1.165, 1.54) is 43.4 Å². The van der Waals surface area contributed by atoms with Crippen LogP contribution < -0.4 is 58.2 Å². The Bertz CT molecular complexity index is 942. The van der Waals surface area contributed by atoms with Crippen molar-refractivity contribution in [1.29, 1.82) is 0 Å². The fraction of sp³-hybridized carbons (Fsp3) is 0.304. The Balaban J connectivity index is 0.00000210. The van der Waals surface area contributed by atoms with Crippen molar-refractivity contribution in [2.24, 2.45) is 5.92 Å². The quantitative estimate of drug-likeness (QED) is 0.530. The maximum Gasteiger partial charge on any atom is 1.00 e. The molecule has 1 aliphatic rings. The third kappa shape index (κ3) is 4.27. The summed E-state index contributed by atoms with van der Waals surface area (Å²) >= 11 is 0. The monoisotopic (exact) mass is 438 g/mol. The topological polar surface area (TPSA) is 0 Å². The number of rotatable bonds is 2. The first kappa shape index (κ1) is 21.2. The van der Waals surface area contributed by atoms with Crippen molar-refractivity contribution in [3.63, 3.8) is 0 Å². The SMILES string of the molecule is CC1CCC(c2ccc(-c3cc4cc[c-]c(F)c4c(F)c3F)cc2)CC1.[Rb+]. The summed E-state index contributed by atoms with van der Waals surface area (Å²) in [6.07, 6.45) is 4.82. The summed E-state index contributed by atoms with van der Waals surface area (Å²) in [7, 11) is 0. The van der Waals surface area contributed by atoms with Crippen LogP contribution in [0.25, 0.3) is 21.9 Å². The van der Waals surface area contributed by atoms with Crippen LogP contribution in [0.4, 0.5) is 13.2 Å². The minimum atomic E-state index is -1.16. The van der Waals surface area contributed by atoms with Crippen LogP contribution in [0.5, 0.6) is 0 Å². The van der Waals surface area contributed by atoms with Gasteiger partial charge in [0, 0.05) is 11.4 Å². The molecule has 134 valence electrons. The average molecular weight is 439 g/mol. The molecule has 1 fully saturated rings. The van der Waals surface area contributed by atoms with Gasteiger partial charge in [0.25, 0.3) is 0 Å². The summed E-state index contributed by atoms with van der Waals surface area (Å²) in [5.74, 6) is -1.71. The molecule has 4 rings (SSSR count). The van der Waals surface area contributed by atoms with Gasteiger partial charge in [0.2, 0.25) is 0 Å². The Kier molecular flexibility index (Phi) is 7.00. The summed E-state index contributed by atoms with van der Waals surface area (Å²) < 4.78 is 42.7. The van der Waals surface area contributed by atoms with E-state index in [4.69, 9.17) is 0 Å². The molecule has 0 amide bonds. The van der Waals surface area contributed by atoms with E-state index in [0.717, 1.165) is 5.92 Å². The Morgan fingerprint density at radius 3 is 2.22 bits per heavy atom. The van der Waals surface area contributed by atoms with E-state index in [1.807, 2.05) is 24.3 Å². The molecule has 0 atom stereocenters. The van der Waals surface area contributed by atoms with Crippen LogP contribution in [-0.4, -0.2) is 0 Å². The van der Waals surface area contributed by atoms with Crippen LogP contribution in [-0.2, 0) is 0 Å². The summed E-state index contributed by atoms with van der Waals surface area (Å²) in [5.41, 5.74) is 2.01. The van der Waals surface area contributed by atoms with Gasteiger partial charge in [0.15, 0.2) is 5.82 Å². The second-order valence-electron chi connectivity index (χ2n) is 7.39. The molecule has 1 saturated carbocycles.